The lowest BCUT2D eigenvalue weighted by Crippen LogP contribution is -2.41. The number of ether oxygens (including phenoxy) is 1. The Morgan fingerprint density at radius 3 is 2.35 bits per heavy atom. The molecule has 2 rings (SSSR count). The SMILES string of the molecule is [2H]c1nc(B2OC(C)(C)C(C)(C)O2)c([2H])c([2H])c1OC(C([2H])([2H])[2H])(C([2H])([2H])[2H])C([2H])([2H])[2H]. The first-order valence-electron chi connectivity index (χ1n) is 12.0. The van der Waals surface area contributed by atoms with Gasteiger partial charge in [-0.3, -0.25) is 4.98 Å². The molecule has 1 aromatic rings. The Morgan fingerprint density at radius 1 is 1.20 bits per heavy atom. The van der Waals surface area contributed by atoms with Gasteiger partial charge in [-0.25, -0.2) is 0 Å². The number of pyridine rings is 1. The minimum atomic E-state index is -3.77. The second-order valence-corrected chi connectivity index (χ2v) is 5.56. The van der Waals surface area contributed by atoms with Crippen molar-refractivity contribution in [1.29, 1.82) is 0 Å². The van der Waals surface area contributed by atoms with Crippen LogP contribution in [0.3, 0.4) is 0 Å². The molecule has 0 N–H and O–H groups in total. The van der Waals surface area contributed by atoms with E-state index in [-0.39, 0.29) is 5.59 Å². The Balaban J connectivity index is 2.67. The van der Waals surface area contributed by atoms with Crippen molar-refractivity contribution in [3.63, 3.8) is 0 Å². The number of hydrogen-bond donors (Lipinski definition) is 0. The third-order valence-corrected chi connectivity index (χ3v) is 3.31. The predicted octanol–water partition coefficient (Wildman–Crippen LogP) is 2.56. The highest BCUT2D eigenvalue weighted by Gasteiger charge is 2.52. The Bertz CT molecular complexity index is 842. The van der Waals surface area contributed by atoms with Gasteiger partial charge in [0, 0.05) is 12.3 Å². The summed E-state index contributed by atoms with van der Waals surface area (Å²) < 4.78 is 110. The Hall–Kier alpha value is -1.07. The van der Waals surface area contributed by atoms with Crippen LogP contribution in [0.5, 0.6) is 5.75 Å². The van der Waals surface area contributed by atoms with Gasteiger partial charge in [-0.2, -0.15) is 0 Å². The van der Waals surface area contributed by atoms with Crippen molar-refractivity contribution in [3.8, 4) is 5.75 Å². The van der Waals surface area contributed by atoms with Crippen molar-refractivity contribution in [2.75, 3.05) is 0 Å². The first kappa shape index (κ1) is 5.97. The third-order valence-electron chi connectivity index (χ3n) is 3.31. The van der Waals surface area contributed by atoms with E-state index < -0.39 is 68.5 Å². The fourth-order valence-corrected chi connectivity index (χ4v) is 1.56. The van der Waals surface area contributed by atoms with E-state index in [0.717, 1.165) is 0 Å². The van der Waals surface area contributed by atoms with Gasteiger partial charge >= 0.3 is 7.12 Å². The topological polar surface area (TPSA) is 40.6 Å². The van der Waals surface area contributed by atoms with E-state index in [0.29, 0.717) is 0 Å². The van der Waals surface area contributed by atoms with Crippen LogP contribution in [0.25, 0.3) is 0 Å². The van der Waals surface area contributed by atoms with Gasteiger partial charge in [-0.1, -0.05) is 0 Å². The molecule has 110 valence electrons. The van der Waals surface area contributed by atoms with Gasteiger partial charge in [0.2, 0.25) is 0 Å². The van der Waals surface area contributed by atoms with Crippen LogP contribution in [-0.4, -0.2) is 28.9 Å². The number of rotatable bonds is 2. The lowest BCUT2D eigenvalue weighted by atomic mass is 9.84. The lowest BCUT2D eigenvalue weighted by Gasteiger charge is -2.32. The average Bonchev–Trinajstić information content (AvgIpc) is 2.74. The van der Waals surface area contributed by atoms with E-state index >= 15 is 0 Å². The second-order valence-electron chi connectivity index (χ2n) is 5.56. The zero-order valence-electron chi connectivity index (χ0n) is 23.7. The molecule has 0 unspecified atom stereocenters. The molecule has 0 saturated carbocycles. The predicted molar refractivity (Wildman–Crippen MR) is 80.3 cm³/mol. The Labute approximate surface area is 138 Å². The fraction of sp³-hybridized carbons (Fsp3) is 0.667. The van der Waals surface area contributed by atoms with E-state index in [9.17, 15) is 0 Å². The van der Waals surface area contributed by atoms with Crippen LogP contribution >= 0.6 is 0 Å². The zero-order chi connectivity index (χ0) is 25.3. The average molecular weight is 289 g/mol. The summed E-state index contributed by atoms with van der Waals surface area (Å²) >= 11 is 0. The molecule has 4 nitrogen and oxygen atoms in total. The van der Waals surface area contributed by atoms with Crippen LogP contribution in [0.4, 0.5) is 0 Å². The molecule has 0 radical (unpaired) electrons. The zero-order valence-corrected chi connectivity index (χ0v) is 11.7. The molecule has 0 amide bonds. The molecular weight excluding hydrogens is 253 g/mol. The summed E-state index contributed by atoms with van der Waals surface area (Å²) in [6.45, 7) is -4.22. The molecule has 0 bridgehead atoms. The number of hydrogen-bond acceptors (Lipinski definition) is 4. The molecular formula is C15H24BNO3. The number of aromatic nitrogens is 1. The molecule has 0 aromatic carbocycles. The largest absolute Gasteiger partial charge is 0.514 e. The van der Waals surface area contributed by atoms with Crippen molar-refractivity contribution in [3.05, 3.63) is 18.3 Å². The molecule has 1 aliphatic rings. The monoisotopic (exact) mass is 289 g/mol. The van der Waals surface area contributed by atoms with Crippen LogP contribution in [0.1, 0.15) is 64.7 Å². The highest BCUT2D eigenvalue weighted by molar-refractivity contribution is 6.61. The van der Waals surface area contributed by atoms with Crippen LogP contribution in [0.15, 0.2) is 18.3 Å². The quantitative estimate of drug-likeness (QED) is 0.785. The van der Waals surface area contributed by atoms with E-state index in [2.05, 4.69) is 4.98 Å². The summed E-state index contributed by atoms with van der Waals surface area (Å²) in [5.74, 6) is -1.06. The first-order valence-corrected chi connectivity index (χ1v) is 6.02. The molecule has 20 heavy (non-hydrogen) atoms. The molecule has 0 atom stereocenters. The second kappa shape index (κ2) is 4.74. The molecule has 0 aliphatic carbocycles. The normalized spacial score (nSPS) is 31.7. The van der Waals surface area contributed by atoms with Gasteiger partial charge in [0.1, 0.15) is 11.4 Å². The van der Waals surface area contributed by atoms with Crippen molar-refractivity contribution < 1.29 is 30.5 Å². The Kier molecular flexibility index (Phi) is 1.42. The van der Waals surface area contributed by atoms with E-state index in [1.165, 1.54) is 0 Å². The third kappa shape index (κ3) is 3.15. The first-order chi connectivity index (χ1) is 14.0. The van der Waals surface area contributed by atoms with Crippen molar-refractivity contribution in [2.24, 2.45) is 0 Å². The minimum absolute atomic E-state index is 0.284. The maximum Gasteiger partial charge on any atom is 0.514 e. The van der Waals surface area contributed by atoms with E-state index in [4.69, 9.17) is 30.5 Å². The molecule has 1 aliphatic heterocycles. The van der Waals surface area contributed by atoms with Gasteiger partial charge in [0.15, 0.2) is 0 Å². The summed E-state index contributed by atoms with van der Waals surface area (Å²) in [5, 5.41) is 0. The smallest absolute Gasteiger partial charge is 0.487 e. The summed E-state index contributed by atoms with van der Waals surface area (Å²) in [6.07, 6.45) is -0.933. The van der Waals surface area contributed by atoms with Crippen molar-refractivity contribution in [1.82, 2.24) is 4.98 Å². The molecule has 2 heterocycles. The van der Waals surface area contributed by atoms with Gasteiger partial charge in [0.25, 0.3) is 0 Å². The van der Waals surface area contributed by atoms with E-state index in [1.807, 2.05) is 0 Å². The fourth-order valence-electron chi connectivity index (χ4n) is 1.56. The summed E-state index contributed by atoms with van der Waals surface area (Å²) in [5.41, 5.74) is -5.71. The summed E-state index contributed by atoms with van der Waals surface area (Å²) in [6, 6.07) is -1.61. The van der Waals surface area contributed by atoms with Crippen molar-refractivity contribution >= 4 is 12.7 Å². The summed E-state index contributed by atoms with van der Waals surface area (Å²) in [7, 11) is -1.24. The highest BCUT2D eigenvalue weighted by atomic mass is 16.7. The molecule has 5 heteroatoms. The molecule has 1 saturated heterocycles. The lowest BCUT2D eigenvalue weighted by molar-refractivity contribution is 0.00578. The van der Waals surface area contributed by atoms with Crippen LogP contribution in [0.2, 0.25) is 0 Å². The Morgan fingerprint density at radius 2 is 1.80 bits per heavy atom. The van der Waals surface area contributed by atoms with Gasteiger partial charge in [0.05, 0.1) is 27.1 Å². The standard InChI is InChI=1S/C15H24BNO3/c1-13(2,3)18-11-8-9-12(17-10-11)16-19-14(4,5)15(6,7)20-16/h8-10H,1-7H3/i1D3,2D3,3D3,8D,9D,10D. The van der Waals surface area contributed by atoms with Crippen molar-refractivity contribution in [2.45, 2.75) is 65.1 Å². The highest BCUT2D eigenvalue weighted by Crippen LogP contribution is 2.36. The maximum atomic E-state index is 8.24. The van der Waals surface area contributed by atoms with Crippen LogP contribution in [0, 0.1) is 0 Å². The van der Waals surface area contributed by atoms with Gasteiger partial charge in [-0.15, -0.1) is 0 Å². The van der Waals surface area contributed by atoms with Crippen LogP contribution in [-0.2, 0) is 9.31 Å². The van der Waals surface area contributed by atoms with Gasteiger partial charge < -0.3 is 14.0 Å². The molecule has 0 spiro atoms. The van der Waals surface area contributed by atoms with Crippen LogP contribution < -0.4 is 10.3 Å². The molecule has 1 fully saturated rings. The number of nitrogens with zero attached hydrogens (tertiary/aromatic N) is 1. The molecule has 1 aromatic heterocycles. The minimum Gasteiger partial charge on any atom is -0.487 e. The summed E-state index contributed by atoms with van der Waals surface area (Å²) in [4.78, 5) is 3.81. The maximum absolute atomic E-state index is 8.24. The van der Waals surface area contributed by atoms with E-state index in [1.54, 1.807) is 27.7 Å². The van der Waals surface area contributed by atoms with Gasteiger partial charge in [-0.05, 0) is 60.3 Å².